The number of benzene rings is 2. The number of nitrogens with zero attached hydrogens (tertiary/aromatic N) is 1. The molecule has 2 rings (SSSR count). The lowest BCUT2D eigenvalue weighted by atomic mass is 10.2. The summed E-state index contributed by atoms with van der Waals surface area (Å²) in [4.78, 5) is 4.56. The van der Waals surface area contributed by atoms with Gasteiger partial charge in [-0.3, -0.25) is 0 Å². The number of rotatable bonds is 9. The van der Waals surface area contributed by atoms with Crippen LogP contribution in [0.4, 0.5) is 4.39 Å². The predicted octanol–water partition coefficient (Wildman–Crippen LogP) is 4.11. The quantitative estimate of drug-likeness (QED) is 0.280. The molecule has 0 radical (unpaired) electrons. The van der Waals surface area contributed by atoms with Crippen LogP contribution in [0.2, 0.25) is 0 Å². The van der Waals surface area contributed by atoms with Gasteiger partial charge in [-0.05, 0) is 38.5 Å². The summed E-state index contributed by atoms with van der Waals surface area (Å²) in [7, 11) is -3.01. The molecule has 0 aromatic heterocycles. The number of nitrogens with one attached hydrogen (secondary N) is 2. The molecule has 0 aliphatic carbocycles. The Labute approximate surface area is 195 Å². The molecule has 2 aromatic carbocycles. The van der Waals surface area contributed by atoms with Gasteiger partial charge in [-0.15, -0.1) is 24.0 Å². The second-order valence-corrected chi connectivity index (χ2v) is 9.06. The van der Waals surface area contributed by atoms with Crippen LogP contribution in [0.15, 0.2) is 53.5 Å². The van der Waals surface area contributed by atoms with E-state index in [0.717, 1.165) is 5.56 Å². The van der Waals surface area contributed by atoms with Crippen molar-refractivity contribution in [1.29, 1.82) is 0 Å². The van der Waals surface area contributed by atoms with Crippen molar-refractivity contribution in [3.05, 3.63) is 59.9 Å². The molecular formula is C21H29FIN3O3S. The molecule has 0 aliphatic heterocycles. The maximum atomic E-state index is 13.9. The Morgan fingerprint density at radius 2 is 1.77 bits per heavy atom. The number of sulfone groups is 1. The van der Waals surface area contributed by atoms with E-state index in [4.69, 9.17) is 4.74 Å². The number of hydrogen-bond acceptors (Lipinski definition) is 4. The van der Waals surface area contributed by atoms with E-state index in [0.29, 0.717) is 31.2 Å². The van der Waals surface area contributed by atoms with Crippen LogP contribution in [0, 0.1) is 5.82 Å². The van der Waals surface area contributed by atoms with Gasteiger partial charge in [0.2, 0.25) is 0 Å². The van der Waals surface area contributed by atoms with E-state index in [-0.39, 0.29) is 41.5 Å². The number of guanidine groups is 1. The Hall–Kier alpha value is -1.88. The van der Waals surface area contributed by atoms with Crippen molar-refractivity contribution in [2.75, 3.05) is 18.6 Å². The first-order valence-electron chi connectivity index (χ1n) is 9.51. The summed E-state index contributed by atoms with van der Waals surface area (Å²) in [5, 5.41) is 6.36. The van der Waals surface area contributed by atoms with Crippen molar-refractivity contribution in [3.63, 3.8) is 0 Å². The molecule has 1 unspecified atom stereocenters. The molecule has 0 amide bonds. The smallest absolute Gasteiger partial charge is 0.191 e. The van der Waals surface area contributed by atoms with Crippen LogP contribution in [0.5, 0.6) is 11.5 Å². The highest BCUT2D eigenvalue weighted by molar-refractivity contribution is 14.0. The van der Waals surface area contributed by atoms with Gasteiger partial charge >= 0.3 is 0 Å². The van der Waals surface area contributed by atoms with E-state index >= 15 is 0 Å². The number of para-hydroxylation sites is 2. The molecule has 0 bridgehead atoms. The molecule has 0 aliphatic rings. The van der Waals surface area contributed by atoms with Gasteiger partial charge in [-0.25, -0.2) is 17.8 Å². The number of hydrogen-bond donors (Lipinski definition) is 2. The Balaban J connectivity index is 0.00000450. The second-order valence-electron chi connectivity index (χ2n) is 6.80. The molecule has 0 heterocycles. The zero-order valence-corrected chi connectivity index (χ0v) is 20.5. The van der Waals surface area contributed by atoms with Gasteiger partial charge < -0.3 is 15.4 Å². The van der Waals surface area contributed by atoms with Gasteiger partial charge in [0, 0.05) is 24.4 Å². The first kappa shape index (κ1) is 26.2. The third-order valence-corrected chi connectivity index (χ3v) is 5.06. The molecule has 2 aromatic rings. The van der Waals surface area contributed by atoms with Crippen molar-refractivity contribution in [2.24, 2.45) is 4.99 Å². The molecule has 166 valence electrons. The molecular weight excluding hydrogens is 520 g/mol. The van der Waals surface area contributed by atoms with Crippen LogP contribution in [-0.4, -0.2) is 39.0 Å². The summed E-state index contributed by atoms with van der Waals surface area (Å²) in [6.45, 7) is 4.84. The van der Waals surface area contributed by atoms with E-state index in [1.54, 1.807) is 24.3 Å². The topological polar surface area (TPSA) is 79.8 Å². The summed E-state index contributed by atoms with van der Waals surface area (Å²) in [5.74, 6) is 0.945. The van der Waals surface area contributed by atoms with Crippen LogP contribution in [0.25, 0.3) is 0 Å². The zero-order valence-electron chi connectivity index (χ0n) is 17.4. The molecule has 6 nitrogen and oxygen atoms in total. The Morgan fingerprint density at radius 3 is 2.40 bits per heavy atom. The lowest BCUT2D eigenvalue weighted by Gasteiger charge is -2.18. The summed E-state index contributed by atoms with van der Waals surface area (Å²) < 4.78 is 42.4. The maximum Gasteiger partial charge on any atom is 0.191 e. The summed E-state index contributed by atoms with van der Waals surface area (Å²) in [6.07, 6.45) is 1.71. The highest BCUT2D eigenvalue weighted by atomic mass is 127. The minimum absolute atomic E-state index is 0. The third kappa shape index (κ3) is 9.29. The van der Waals surface area contributed by atoms with Crippen molar-refractivity contribution >= 4 is 39.8 Å². The van der Waals surface area contributed by atoms with Gasteiger partial charge in [-0.1, -0.05) is 30.3 Å². The van der Waals surface area contributed by atoms with Crippen LogP contribution in [0.3, 0.4) is 0 Å². The molecule has 0 saturated heterocycles. The van der Waals surface area contributed by atoms with Gasteiger partial charge in [0.15, 0.2) is 17.5 Å². The van der Waals surface area contributed by atoms with Crippen molar-refractivity contribution in [2.45, 2.75) is 32.9 Å². The number of aliphatic imine (C=N–C) groups is 1. The van der Waals surface area contributed by atoms with E-state index in [1.807, 2.05) is 32.0 Å². The van der Waals surface area contributed by atoms with E-state index in [1.165, 1.54) is 12.3 Å². The zero-order chi connectivity index (χ0) is 21.3. The average Bonchev–Trinajstić information content (AvgIpc) is 2.67. The lowest BCUT2D eigenvalue weighted by Crippen LogP contribution is -2.42. The molecule has 0 fully saturated rings. The van der Waals surface area contributed by atoms with Crippen LogP contribution < -0.4 is 15.4 Å². The van der Waals surface area contributed by atoms with Gasteiger partial charge in [0.1, 0.15) is 15.6 Å². The van der Waals surface area contributed by atoms with Gasteiger partial charge in [0.25, 0.3) is 0 Å². The Morgan fingerprint density at radius 1 is 1.13 bits per heavy atom. The minimum atomic E-state index is -3.01. The molecule has 0 spiro atoms. The van der Waals surface area contributed by atoms with E-state index < -0.39 is 15.7 Å². The van der Waals surface area contributed by atoms with E-state index in [9.17, 15) is 12.8 Å². The SMILES string of the molecule is CCNC(=NCc1ccccc1Oc1ccccc1F)NC(C)CCS(C)(=O)=O.I. The second kappa shape index (κ2) is 12.7. The molecule has 30 heavy (non-hydrogen) atoms. The largest absolute Gasteiger partial charge is 0.454 e. The fraction of sp³-hybridized carbons (Fsp3) is 0.381. The van der Waals surface area contributed by atoms with Crippen molar-refractivity contribution < 1.29 is 17.5 Å². The number of ether oxygens (including phenoxy) is 1. The molecule has 1 atom stereocenters. The fourth-order valence-electron chi connectivity index (χ4n) is 2.56. The van der Waals surface area contributed by atoms with Crippen molar-refractivity contribution in [1.82, 2.24) is 10.6 Å². The number of halogens is 2. The predicted molar refractivity (Wildman–Crippen MR) is 130 cm³/mol. The Kier molecular flexibility index (Phi) is 11.1. The lowest BCUT2D eigenvalue weighted by molar-refractivity contribution is 0.438. The normalized spacial score (nSPS) is 12.6. The van der Waals surface area contributed by atoms with Crippen molar-refractivity contribution in [3.8, 4) is 11.5 Å². The summed E-state index contributed by atoms with van der Waals surface area (Å²) in [6, 6.07) is 13.5. The average molecular weight is 549 g/mol. The first-order chi connectivity index (χ1) is 13.8. The third-order valence-electron chi connectivity index (χ3n) is 4.09. The standard InChI is InChI=1S/C21H28FN3O3S.HI/c1-4-23-21(25-16(2)13-14-29(3,26)27)24-15-17-9-5-7-11-19(17)28-20-12-8-6-10-18(20)22;/h5-12,16H,4,13-15H2,1-3H3,(H2,23,24,25);1H. The molecule has 0 saturated carbocycles. The van der Waals surface area contributed by atoms with Gasteiger partial charge in [0.05, 0.1) is 12.3 Å². The van der Waals surface area contributed by atoms with Gasteiger partial charge in [-0.2, -0.15) is 0 Å². The summed E-state index contributed by atoms with van der Waals surface area (Å²) in [5.41, 5.74) is 0.803. The Bertz CT molecular complexity index is 939. The first-order valence-corrected chi connectivity index (χ1v) is 11.6. The fourth-order valence-corrected chi connectivity index (χ4v) is 3.34. The van der Waals surface area contributed by atoms with Crippen LogP contribution in [-0.2, 0) is 16.4 Å². The highest BCUT2D eigenvalue weighted by Crippen LogP contribution is 2.27. The van der Waals surface area contributed by atoms with Crippen LogP contribution >= 0.6 is 24.0 Å². The maximum absolute atomic E-state index is 13.9. The summed E-state index contributed by atoms with van der Waals surface area (Å²) >= 11 is 0. The van der Waals surface area contributed by atoms with Crippen LogP contribution in [0.1, 0.15) is 25.8 Å². The minimum Gasteiger partial charge on any atom is -0.454 e. The van der Waals surface area contributed by atoms with E-state index in [2.05, 4.69) is 15.6 Å². The molecule has 2 N–H and O–H groups in total. The monoisotopic (exact) mass is 549 g/mol. The highest BCUT2D eigenvalue weighted by Gasteiger charge is 2.11. The molecule has 9 heteroatoms.